The minimum atomic E-state index is -0.527. The van der Waals surface area contributed by atoms with Gasteiger partial charge in [-0.1, -0.05) is 19.8 Å². The van der Waals surface area contributed by atoms with Crippen LogP contribution < -0.4 is 10.1 Å². The summed E-state index contributed by atoms with van der Waals surface area (Å²) in [6.45, 7) is 7.89. The van der Waals surface area contributed by atoms with Gasteiger partial charge in [-0.2, -0.15) is 0 Å². The van der Waals surface area contributed by atoms with Gasteiger partial charge in [0, 0.05) is 23.0 Å². The number of carbonyl (C=O) groups is 2. The molecule has 142 valence electrons. The molecule has 6 nitrogen and oxygen atoms in total. The number of unbranched alkanes of at least 4 members (excludes halogenated alkanes) is 2. The molecular weight excluding hydrogens is 332 g/mol. The Balaban J connectivity index is 1.94. The van der Waals surface area contributed by atoms with E-state index in [4.69, 9.17) is 9.47 Å². The average Bonchev–Trinajstić information content (AvgIpc) is 2.94. The Kier molecular flexibility index (Phi) is 6.66. The van der Waals surface area contributed by atoms with Crippen LogP contribution in [0.15, 0.2) is 24.3 Å². The van der Waals surface area contributed by atoms with Crippen LogP contribution in [0.5, 0.6) is 5.75 Å². The summed E-state index contributed by atoms with van der Waals surface area (Å²) in [5.41, 5.74) is 1.23. The highest BCUT2D eigenvalue weighted by molar-refractivity contribution is 5.83. The summed E-state index contributed by atoms with van der Waals surface area (Å²) >= 11 is 0. The number of esters is 1. The molecule has 26 heavy (non-hydrogen) atoms. The number of rotatable bonds is 7. The van der Waals surface area contributed by atoms with E-state index >= 15 is 0 Å². The van der Waals surface area contributed by atoms with Crippen LogP contribution in [-0.4, -0.2) is 22.6 Å². The molecule has 0 fully saturated rings. The summed E-state index contributed by atoms with van der Waals surface area (Å²) in [6, 6.07) is 7.37. The van der Waals surface area contributed by atoms with Crippen LogP contribution in [0.25, 0.3) is 10.9 Å². The van der Waals surface area contributed by atoms with E-state index < -0.39 is 11.7 Å². The molecule has 2 N–H and O–H groups in total. The van der Waals surface area contributed by atoms with Crippen molar-refractivity contribution in [3.8, 4) is 5.75 Å². The Bertz CT molecular complexity index is 759. The maximum Gasteiger partial charge on any atom is 0.407 e. The second-order valence-corrected chi connectivity index (χ2v) is 7.33. The van der Waals surface area contributed by atoms with E-state index in [1.807, 2.05) is 39.0 Å². The Morgan fingerprint density at radius 3 is 2.62 bits per heavy atom. The number of alkyl carbamates (subject to hydrolysis) is 1. The smallest absolute Gasteiger partial charge is 0.407 e. The molecule has 0 aliphatic heterocycles. The van der Waals surface area contributed by atoms with Crippen molar-refractivity contribution >= 4 is 23.0 Å². The lowest BCUT2D eigenvalue weighted by molar-refractivity contribution is -0.134. The first kappa shape index (κ1) is 19.8. The van der Waals surface area contributed by atoms with Gasteiger partial charge >= 0.3 is 12.1 Å². The predicted molar refractivity (Wildman–Crippen MR) is 101 cm³/mol. The van der Waals surface area contributed by atoms with E-state index in [0.717, 1.165) is 35.9 Å². The van der Waals surface area contributed by atoms with Crippen LogP contribution >= 0.6 is 0 Å². The Morgan fingerprint density at radius 1 is 1.15 bits per heavy atom. The molecule has 2 rings (SSSR count). The maximum absolute atomic E-state index is 11.8. The van der Waals surface area contributed by atoms with Gasteiger partial charge in [-0.05, 0) is 51.5 Å². The lowest BCUT2D eigenvalue weighted by Crippen LogP contribution is -2.32. The highest BCUT2D eigenvalue weighted by Crippen LogP contribution is 2.22. The Labute approximate surface area is 154 Å². The number of aromatic nitrogens is 1. The van der Waals surface area contributed by atoms with E-state index in [1.54, 1.807) is 6.07 Å². The molecule has 0 bridgehead atoms. The van der Waals surface area contributed by atoms with Crippen LogP contribution in [0.3, 0.4) is 0 Å². The highest BCUT2D eigenvalue weighted by atomic mass is 16.6. The molecule has 0 saturated carbocycles. The molecule has 1 amide bonds. The number of ether oxygens (including phenoxy) is 2. The van der Waals surface area contributed by atoms with Gasteiger partial charge in [0.15, 0.2) is 0 Å². The third-order valence-electron chi connectivity index (χ3n) is 3.69. The SMILES string of the molecule is CCCCCC(=O)Oc1ccc2[nH]c(CNC(=O)OC(C)(C)C)cc2c1. The number of carbonyl (C=O) groups excluding carboxylic acids is 2. The number of fused-ring (bicyclic) bond motifs is 1. The molecule has 0 aliphatic carbocycles. The molecule has 1 aromatic carbocycles. The van der Waals surface area contributed by atoms with E-state index in [-0.39, 0.29) is 5.97 Å². The van der Waals surface area contributed by atoms with Gasteiger partial charge in [-0.3, -0.25) is 4.79 Å². The number of hydrogen-bond donors (Lipinski definition) is 2. The summed E-state index contributed by atoms with van der Waals surface area (Å²) in [6.07, 6.45) is 2.92. The zero-order valence-corrected chi connectivity index (χ0v) is 16.0. The molecule has 0 spiro atoms. The lowest BCUT2D eigenvalue weighted by Gasteiger charge is -2.19. The van der Waals surface area contributed by atoms with Gasteiger partial charge in [-0.25, -0.2) is 4.79 Å². The Morgan fingerprint density at radius 2 is 1.92 bits per heavy atom. The van der Waals surface area contributed by atoms with Crippen LogP contribution in [0.2, 0.25) is 0 Å². The quantitative estimate of drug-likeness (QED) is 0.427. The van der Waals surface area contributed by atoms with E-state index in [1.165, 1.54) is 0 Å². The van der Waals surface area contributed by atoms with E-state index in [0.29, 0.717) is 18.7 Å². The minimum absolute atomic E-state index is 0.208. The lowest BCUT2D eigenvalue weighted by atomic mass is 10.2. The molecule has 6 heteroatoms. The minimum Gasteiger partial charge on any atom is -0.444 e. The first-order chi connectivity index (χ1) is 12.3. The van der Waals surface area contributed by atoms with Crippen molar-refractivity contribution < 1.29 is 19.1 Å². The summed E-state index contributed by atoms with van der Waals surface area (Å²) in [5.74, 6) is 0.324. The number of H-pyrrole nitrogens is 1. The van der Waals surface area contributed by atoms with Crippen molar-refractivity contribution in [1.29, 1.82) is 0 Å². The van der Waals surface area contributed by atoms with Crippen LogP contribution in [0, 0.1) is 0 Å². The molecule has 0 unspecified atom stereocenters. The number of nitrogens with one attached hydrogen (secondary N) is 2. The fourth-order valence-corrected chi connectivity index (χ4v) is 2.51. The van der Waals surface area contributed by atoms with Gasteiger partial charge in [-0.15, -0.1) is 0 Å². The topological polar surface area (TPSA) is 80.4 Å². The van der Waals surface area contributed by atoms with Crippen molar-refractivity contribution in [2.24, 2.45) is 0 Å². The monoisotopic (exact) mass is 360 g/mol. The molecule has 0 radical (unpaired) electrons. The normalized spacial score (nSPS) is 11.4. The number of aromatic amines is 1. The zero-order valence-electron chi connectivity index (χ0n) is 16.0. The third kappa shape index (κ3) is 6.43. The van der Waals surface area contributed by atoms with Gasteiger partial charge < -0.3 is 19.8 Å². The van der Waals surface area contributed by atoms with Crippen molar-refractivity contribution in [3.05, 3.63) is 30.0 Å². The summed E-state index contributed by atoms with van der Waals surface area (Å²) in [7, 11) is 0. The summed E-state index contributed by atoms with van der Waals surface area (Å²) in [4.78, 5) is 26.8. The first-order valence-corrected chi connectivity index (χ1v) is 9.06. The maximum atomic E-state index is 11.8. The van der Waals surface area contributed by atoms with Crippen molar-refractivity contribution in [1.82, 2.24) is 10.3 Å². The van der Waals surface area contributed by atoms with Crippen molar-refractivity contribution in [2.75, 3.05) is 0 Å². The molecule has 1 aromatic heterocycles. The van der Waals surface area contributed by atoms with Crippen molar-refractivity contribution in [3.63, 3.8) is 0 Å². The highest BCUT2D eigenvalue weighted by Gasteiger charge is 2.16. The Hall–Kier alpha value is -2.50. The van der Waals surface area contributed by atoms with Crippen molar-refractivity contribution in [2.45, 2.75) is 65.5 Å². The first-order valence-electron chi connectivity index (χ1n) is 9.06. The van der Waals surface area contributed by atoms with Crippen LogP contribution in [0.1, 0.15) is 59.1 Å². The number of hydrogen-bond acceptors (Lipinski definition) is 4. The second kappa shape index (κ2) is 8.74. The van der Waals surface area contributed by atoms with Gasteiger partial charge in [0.05, 0.1) is 6.54 Å². The van der Waals surface area contributed by atoms with Gasteiger partial charge in [0.1, 0.15) is 11.4 Å². The molecule has 0 saturated heterocycles. The fourth-order valence-electron chi connectivity index (χ4n) is 2.51. The molecule has 1 heterocycles. The van der Waals surface area contributed by atoms with Crippen LogP contribution in [-0.2, 0) is 16.1 Å². The van der Waals surface area contributed by atoms with Crippen LogP contribution in [0.4, 0.5) is 4.79 Å². The standard InChI is InChI=1S/C20H28N2O4/c1-5-6-7-8-18(23)25-16-9-10-17-14(12-16)11-15(22-17)13-21-19(24)26-20(2,3)4/h9-12,22H,5-8,13H2,1-4H3,(H,21,24). The van der Waals surface area contributed by atoms with E-state index in [9.17, 15) is 9.59 Å². The number of benzene rings is 1. The van der Waals surface area contributed by atoms with Gasteiger partial charge in [0.2, 0.25) is 0 Å². The molecular formula is C20H28N2O4. The molecule has 2 aromatic rings. The largest absolute Gasteiger partial charge is 0.444 e. The molecule has 0 atom stereocenters. The second-order valence-electron chi connectivity index (χ2n) is 7.33. The van der Waals surface area contributed by atoms with Gasteiger partial charge in [0.25, 0.3) is 0 Å². The summed E-state index contributed by atoms with van der Waals surface area (Å²) in [5, 5.41) is 3.64. The predicted octanol–water partition coefficient (Wildman–Crippen LogP) is 4.68. The third-order valence-corrected chi connectivity index (χ3v) is 3.69. The average molecular weight is 360 g/mol. The number of amides is 1. The summed E-state index contributed by atoms with van der Waals surface area (Å²) < 4.78 is 10.6. The zero-order chi connectivity index (χ0) is 19.2. The molecule has 0 aliphatic rings. The van der Waals surface area contributed by atoms with E-state index in [2.05, 4.69) is 17.2 Å². The fraction of sp³-hybridized carbons (Fsp3) is 0.500.